The lowest BCUT2D eigenvalue weighted by atomic mass is 10.2. The number of carbonyl (C=O) groups is 2. The van der Waals surface area contributed by atoms with Crippen LogP contribution in [0, 0.1) is 0 Å². The Morgan fingerprint density at radius 1 is 1.47 bits per heavy atom. The van der Waals surface area contributed by atoms with Crippen molar-refractivity contribution < 1.29 is 14.4 Å². The molecule has 1 aliphatic heterocycles. The second-order valence-corrected chi connectivity index (χ2v) is 3.82. The number of carbonyl (C=O) groups excluding carboxylic acids is 2. The highest BCUT2D eigenvalue weighted by Crippen LogP contribution is 2.09. The minimum atomic E-state index is -0.504. The third-order valence-electron chi connectivity index (χ3n) is 2.64. The Bertz CT molecular complexity index is 394. The Hall–Kier alpha value is -1.56. The number of nitrogens with zero attached hydrogens (tertiary/aromatic N) is 1. The van der Waals surface area contributed by atoms with Crippen molar-refractivity contribution in [2.75, 3.05) is 13.2 Å². The normalized spacial score (nSPS) is 20.4. The predicted octanol–water partition coefficient (Wildman–Crippen LogP) is 0.117. The van der Waals surface area contributed by atoms with E-state index in [2.05, 4.69) is 5.32 Å². The molecule has 5 nitrogen and oxygen atoms in total. The van der Waals surface area contributed by atoms with Gasteiger partial charge in [-0.2, -0.15) is 5.06 Å². The summed E-state index contributed by atoms with van der Waals surface area (Å²) in [6.45, 7) is 1.30. The summed E-state index contributed by atoms with van der Waals surface area (Å²) in [7, 11) is 0. The SMILES string of the molecule is O=CC(=O)C1CNCN1OCc1ccccc1. The molecular weight excluding hydrogens is 220 g/mol. The van der Waals surface area contributed by atoms with E-state index in [9.17, 15) is 9.59 Å². The molecule has 90 valence electrons. The molecule has 1 N–H and O–H groups in total. The Morgan fingerprint density at radius 2 is 2.24 bits per heavy atom. The fourth-order valence-electron chi connectivity index (χ4n) is 1.71. The fraction of sp³-hybridized carbons (Fsp3) is 0.333. The number of hydrogen-bond acceptors (Lipinski definition) is 5. The Kier molecular flexibility index (Phi) is 3.98. The van der Waals surface area contributed by atoms with Crippen molar-refractivity contribution >= 4 is 12.1 Å². The molecule has 0 radical (unpaired) electrons. The lowest BCUT2D eigenvalue weighted by Crippen LogP contribution is -2.38. The molecule has 1 fully saturated rings. The molecule has 17 heavy (non-hydrogen) atoms. The van der Waals surface area contributed by atoms with Gasteiger partial charge in [-0.1, -0.05) is 30.3 Å². The zero-order valence-corrected chi connectivity index (χ0v) is 9.33. The summed E-state index contributed by atoms with van der Waals surface area (Å²) < 4.78 is 0. The van der Waals surface area contributed by atoms with E-state index < -0.39 is 11.8 Å². The third kappa shape index (κ3) is 2.97. The van der Waals surface area contributed by atoms with Crippen LogP contribution < -0.4 is 5.32 Å². The second-order valence-electron chi connectivity index (χ2n) is 3.82. The Morgan fingerprint density at radius 3 is 2.94 bits per heavy atom. The molecule has 0 aliphatic carbocycles. The fourth-order valence-corrected chi connectivity index (χ4v) is 1.71. The summed E-state index contributed by atoms with van der Waals surface area (Å²) in [5.41, 5.74) is 1.02. The molecule has 1 saturated heterocycles. The van der Waals surface area contributed by atoms with Crippen molar-refractivity contribution in [3.63, 3.8) is 0 Å². The van der Waals surface area contributed by atoms with Gasteiger partial charge in [0.05, 0.1) is 13.3 Å². The van der Waals surface area contributed by atoms with Crippen LogP contribution in [0.25, 0.3) is 0 Å². The topological polar surface area (TPSA) is 58.6 Å². The van der Waals surface area contributed by atoms with E-state index in [0.29, 0.717) is 26.1 Å². The van der Waals surface area contributed by atoms with E-state index >= 15 is 0 Å². The van der Waals surface area contributed by atoms with Gasteiger partial charge < -0.3 is 5.32 Å². The van der Waals surface area contributed by atoms with Gasteiger partial charge in [0, 0.05) is 6.54 Å². The van der Waals surface area contributed by atoms with Crippen LogP contribution in [0.5, 0.6) is 0 Å². The van der Waals surface area contributed by atoms with Crippen LogP contribution in [0.15, 0.2) is 30.3 Å². The highest BCUT2D eigenvalue weighted by atomic mass is 16.7. The molecule has 0 saturated carbocycles. The largest absolute Gasteiger partial charge is 0.300 e. The van der Waals surface area contributed by atoms with Crippen LogP contribution in [-0.2, 0) is 21.0 Å². The van der Waals surface area contributed by atoms with Crippen LogP contribution in [0.3, 0.4) is 0 Å². The van der Waals surface area contributed by atoms with Gasteiger partial charge in [-0.05, 0) is 5.56 Å². The average Bonchev–Trinajstić information content (AvgIpc) is 2.85. The first-order chi connectivity index (χ1) is 8.31. The summed E-state index contributed by atoms with van der Waals surface area (Å²) in [5.74, 6) is -0.455. The van der Waals surface area contributed by atoms with E-state index in [1.165, 1.54) is 5.06 Å². The molecule has 2 rings (SSSR count). The van der Waals surface area contributed by atoms with Gasteiger partial charge in [0.15, 0.2) is 6.29 Å². The van der Waals surface area contributed by atoms with Crippen LogP contribution in [-0.4, -0.2) is 36.4 Å². The second kappa shape index (κ2) is 5.67. The predicted molar refractivity (Wildman–Crippen MR) is 60.8 cm³/mol. The average molecular weight is 234 g/mol. The van der Waals surface area contributed by atoms with Gasteiger partial charge in [0.1, 0.15) is 6.04 Å². The molecular formula is C12H14N2O3. The summed E-state index contributed by atoms with van der Waals surface area (Å²) in [4.78, 5) is 27.3. The van der Waals surface area contributed by atoms with Gasteiger partial charge in [-0.15, -0.1) is 0 Å². The van der Waals surface area contributed by atoms with Gasteiger partial charge in [-0.3, -0.25) is 14.4 Å². The zero-order chi connectivity index (χ0) is 12.1. The van der Waals surface area contributed by atoms with Crippen molar-refractivity contribution in [1.29, 1.82) is 0 Å². The van der Waals surface area contributed by atoms with Gasteiger partial charge in [0.25, 0.3) is 0 Å². The van der Waals surface area contributed by atoms with Crippen molar-refractivity contribution in [2.24, 2.45) is 0 Å². The first kappa shape index (κ1) is 11.9. The molecule has 1 aromatic rings. The van der Waals surface area contributed by atoms with E-state index in [0.717, 1.165) is 5.56 Å². The number of nitrogens with one attached hydrogen (secondary N) is 1. The molecule has 0 bridgehead atoms. The summed E-state index contributed by atoms with van der Waals surface area (Å²) >= 11 is 0. The lowest BCUT2D eigenvalue weighted by molar-refractivity contribution is -0.182. The monoisotopic (exact) mass is 234 g/mol. The maximum atomic E-state index is 11.3. The number of hydroxylamine groups is 2. The minimum absolute atomic E-state index is 0.344. The first-order valence-corrected chi connectivity index (χ1v) is 5.44. The van der Waals surface area contributed by atoms with E-state index in [-0.39, 0.29) is 0 Å². The van der Waals surface area contributed by atoms with Crippen molar-refractivity contribution in [3.05, 3.63) is 35.9 Å². The maximum absolute atomic E-state index is 11.3. The lowest BCUT2D eigenvalue weighted by Gasteiger charge is -2.19. The standard InChI is InChI=1S/C12H14N2O3/c15-7-12(16)11-6-13-9-14(11)17-8-10-4-2-1-3-5-10/h1-5,7,11,13H,6,8-9H2. The van der Waals surface area contributed by atoms with E-state index in [4.69, 9.17) is 4.84 Å². The first-order valence-electron chi connectivity index (χ1n) is 5.44. The zero-order valence-electron chi connectivity index (χ0n) is 9.33. The molecule has 1 heterocycles. The number of hydrogen-bond donors (Lipinski definition) is 1. The molecule has 1 atom stereocenters. The molecule has 1 aromatic carbocycles. The van der Waals surface area contributed by atoms with Crippen LogP contribution in [0.2, 0.25) is 0 Å². The summed E-state index contributed by atoms with van der Waals surface area (Å²) in [5, 5.41) is 4.51. The van der Waals surface area contributed by atoms with Crippen molar-refractivity contribution in [3.8, 4) is 0 Å². The van der Waals surface area contributed by atoms with Crippen molar-refractivity contribution in [1.82, 2.24) is 10.4 Å². The summed E-state index contributed by atoms with van der Waals surface area (Å²) in [6, 6.07) is 9.17. The van der Waals surface area contributed by atoms with Gasteiger partial charge >= 0.3 is 0 Å². The highest BCUT2D eigenvalue weighted by Gasteiger charge is 2.30. The minimum Gasteiger partial charge on any atom is -0.300 e. The number of rotatable bonds is 5. The number of benzene rings is 1. The molecule has 1 aliphatic rings. The number of Topliss-reactive ketones (excluding diaryl/α,β-unsaturated/α-hetero) is 1. The number of aldehydes is 1. The third-order valence-corrected chi connectivity index (χ3v) is 2.64. The maximum Gasteiger partial charge on any atom is 0.215 e. The molecule has 0 spiro atoms. The number of ketones is 1. The van der Waals surface area contributed by atoms with Crippen LogP contribution >= 0.6 is 0 Å². The Balaban J connectivity index is 1.90. The van der Waals surface area contributed by atoms with E-state index in [1.807, 2.05) is 30.3 Å². The summed E-state index contributed by atoms with van der Waals surface area (Å²) in [6.07, 6.45) is 0.344. The van der Waals surface area contributed by atoms with Crippen LogP contribution in [0.1, 0.15) is 5.56 Å². The molecule has 1 unspecified atom stereocenters. The van der Waals surface area contributed by atoms with E-state index in [1.54, 1.807) is 0 Å². The Labute approximate surface area is 99.3 Å². The van der Waals surface area contributed by atoms with Gasteiger partial charge in [-0.25, -0.2) is 0 Å². The van der Waals surface area contributed by atoms with Crippen LogP contribution in [0.4, 0.5) is 0 Å². The molecule has 0 aromatic heterocycles. The quantitative estimate of drug-likeness (QED) is 0.579. The molecule has 0 amide bonds. The molecule has 5 heteroatoms. The van der Waals surface area contributed by atoms with Crippen molar-refractivity contribution in [2.45, 2.75) is 12.6 Å². The smallest absolute Gasteiger partial charge is 0.215 e. The van der Waals surface area contributed by atoms with Gasteiger partial charge in [0.2, 0.25) is 5.78 Å². The highest BCUT2D eigenvalue weighted by molar-refractivity contribution is 6.27.